The van der Waals surface area contributed by atoms with E-state index in [1.54, 1.807) is 31.4 Å². The quantitative estimate of drug-likeness (QED) is 0.650. The number of furan rings is 1. The summed E-state index contributed by atoms with van der Waals surface area (Å²) in [6.45, 7) is 5.34. The van der Waals surface area contributed by atoms with E-state index in [-0.39, 0.29) is 5.75 Å². The third kappa shape index (κ3) is 2.01. The van der Waals surface area contributed by atoms with E-state index in [9.17, 15) is 5.11 Å². The maximum absolute atomic E-state index is 9.38. The van der Waals surface area contributed by atoms with Gasteiger partial charge < -0.3 is 14.3 Å². The Morgan fingerprint density at radius 2 is 2.29 bits per heavy atom. The summed E-state index contributed by atoms with van der Waals surface area (Å²) >= 11 is 0. The number of hydrogen-bond donors (Lipinski definition) is 1. The van der Waals surface area contributed by atoms with Gasteiger partial charge in [-0.1, -0.05) is 0 Å². The molecule has 88 valence electrons. The Morgan fingerprint density at radius 3 is 2.94 bits per heavy atom. The molecule has 0 amide bonds. The molecular formula is C13H13NO3. The maximum atomic E-state index is 9.38. The molecule has 0 bridgehead atoms. The van der Waals surface area contributed by atoms with E-state index in [2.05, 4.69) is 11.7 Å². The first-order valence-electron chi connectivity index (χ1n) is 5.10. The molecule has 0 radical (unpaired) electrons. The van der Waals surface area contributed by atoms with Crippen LogP contribution in [0.2, 0.25) is 0 Å². The number of ether oxygens (including phenoxy) is 1. The van der Waals surface area contributed by atoms with E-state index in [4.69, 9.17) is 9.15 Å². The van der Waals surface area contributed by atoms with Crippen molar-refractivity contribution < 1.29 is 14.3 Å². The average Bonchev–Trinajstić information content (AvgIpc) is 2.64. The van der Waals surface area contributed by atoms with Crippen LogP contribution in [-0.2, 0) is 4.74 Å². The molecule has 0 spiro atoms. The van der Waals surface area contributed by atoms with E-state index < -0.39 is 0 Å². The Bertz CT molecular complexity index is 596. The molecule has 4 heteroatoms. The largest absolute Gasteiger partial charge is 0.508 e. The molecule has 1 heterocycles. The molecular weight excluding hydrogens is 218 g/mol. The lowest BCUT2D eigenvalue weighted by atomic mass is 10.2. The molecule has 17 heavy (non-hydrogen) atoms. The zero-order valence-electron chi connectivity index (χ0n) is 9.73. The van der Waals surface area contributed by atoms with E-state index >= 15 is 0 Å². The zero-order chi connectivity index (χ0) is 12.4. The predicted octanol–water partition coefficient (Wildman–Crippen LogP) is 3.48. The van der Waals surface area contributed by atoms with E-state index in [0.717, 1.165) is 5.39 Å². The van der Waals surface area contributed by atoms with Crippen molar-refractivity contribution in [2.75, 3.05) is 7.11 Å². The molecule has 2 aromatic rings. The number of nitrogens with zero attached hydrogens (tertiary/aromatic N) is 1. The number of methoxy groups -OCH3 is 1. The molecule has 1 aromatic heterocycles. The summed E-state index contributed by atoms with van der Waals surface area (Å²) in [4.78, 5) is 3.95. The molecule has 0 aliphatic heterocycles. The minimum atomic E-state index is 0.154. The van der Waals surface area contributed by atoms with Crippen LogP contribution in [0.3, 0.4) is 0 Å². The number of phenolic OH excluding ortho intramolecular Hbond substituents is 1. The predicted molar refractivity (Wildman–Crippen MR) is 67.7 cm³/mol. The number of rotatable bonds is 3. The van der Waals surface area contributed by atoms with Crippen molar-refractivity contribution in [3.8, 4) is 5.75 Å². The summed E-state index contributed by atoms with van der Waals surface area (Å²) < 4.78 is 10.7. The van der Waals surface area contributed by atoms with Gasteiger partial charge in [0.2, 0.25) is 0 Å². The molecule has 0 fully saturated rings. The van der Waals surface area contributed by atoms with Gasteiger partial charge in [-0.3, -0.25) is 4.99 Å². The fraction of sp³-hybridized carbons (Fsp3) is 0.154. The summed E-state index contributed by atoms with van der Waals surface area (Å²) in [6.07, 6.45) is 1.74. The first-order valence-corrected chi connectivity index (χ1v) is 5.10. The highest BCUT2D eigenvalue weighted by atomic mass is 16.5. The first kappa shape index (κ1) is 11.3. The molecule has 0 aliphatic rings. The van der Waals surface area contributed by atoms with Gasteiger partial charge in [0.25, 0.3) is 0 Å². The lowest BCUT2D eigenvalue weighted by molar-refractivity contribution is 0.297. The fourth-order valence-electron chi connectivity index (χ4n) is 1.60. The van der Waals surface area contributed by atoms with Crippen molar-refractivity contribution in [3.05, 3.63) is 29.7 Å². The molecule has 0 saturated heterocycles. The van der Waals surface area contributed by atoms with E-state index in [1.807, 2.05) is 6.92 Å². The monoisotopic (exact) mass is 231 g/mol. The molecule has 1 N–H and O–H groups in total. The summed E-state index contributed by atoms with van der Waals surface area (Å²) in [6, 6.07) is 4.88. The number of allylic oxidation sites excluding steroid dienone is 1. The second-order valence-electron chi connectivity index (χ2n) is 3.61. The van der Waals surface area contributed by atoms with Crippen molar-refractivity contribution in [2.45, 2.75) is 6.92 Å². The van der Waals surface area contributed by atoms with Crippen molar-refractivity contribution in [2.24, 2.45) is 4.99 Å². The summed E-state index contributed by atoms with van der Waals surface area (Å²) in [5, 5.41) is 10.2. The molecule has 1 aromatic carbocycles. The topological polar surface area (TPSA) is 55.0 Å². The minimum Gasteiger partial charge on any atom is -0.508 e. The number of phenols is 1. The second kappa shape index (κ2) is 4.33. The molecule has 0 saturated carbocycles. The lowest BCUT2D eigenvalue weighted by Crippen LogP contribution is -1.77. The Labute approximate surface area is 98.8 Å². The molecule has 0 unspecified atom stereocenters. The van der Waals surface area contributed by atoms with Crippen LogP contribution in [0.5, 0.6) is 5.75 Å². The highest BCUT2D eigenvalue weighted by Gasteiger charge is 2.12. The summed E-state index contributed by atoms with van der Waals surface area (Å²) in [5.74, 6) is 1.43. The maximum Gasteiger partial charge on any atom is 0.157 e. The molecule has 4 nitrogen and oxygen atoms in total. The van der Waals surface area contributed by atoms with Gasteiger partial charge in [-0.05, 0) is 25.8 Å². The Morgan fingerprint density at radius 1 is 1.53 bits per heavy atom. The van der Waals surface area contributed by atoms with Crippen LogP contribution in [0.25, 0.3) is 17.0 Å². The highest BCUT2D eigenvalue weighted by Crippen LogP contribution is 2.36. The SMILES string of the molecule is C=Nc1c(/C=C(\C)OC)oc2cc(O)ccc12. The van der Waals surface area contributed by atoms with Gasteiger partial charge >= 0.3 is 0 Å². The van der Waals surface area contributed by atoms with Gasteiger partial charge in [0, 0.05) is 17.5 Å². The van der Waals surface area contributed by atoms with E-state index in [0.29, 0.717) is 22.8 Å². The number of aliphatic imine (C=N–C) groups is 1. The van der Waals surface area contributed by atoms with Crippen LogP contribution in [0.1, 0.15) is 12.7 Å². The van der Waals surface area contributed by atoms with Crippen molar-refractivity contribution in [1.29, 1.82) is 0 Å². The smallest absolute Gasteiger partial charge is 0.157 e. The average molecular weight is 231 g/mol. The van der Waals surface area contributed by atoms with Gasteiger partial charge in [0.05, 0.1) is 12.9 Å². The number of fused-ring (bicyclic) bond motifs is 1. The van der Waals surface area contributed by atoms with Crippen LogP contribution in [-0.4, -0.2) is 18.9 Å². The van der Waals surface area contributed by atoms with Crippen LogP contribution in [0, 0.1) is 0 Å². The third-order valence-electron chi connectivity index (χ3n) is 2.49. The number of benzene rings is 1. The summed E-state index contributed by atoms with van der Waals surface area (Å²) in [5.41, 5.74) is 1.22. The minimum absolute atomic E-state index is 0.154. The first-order chi connectivity index (χ1) is 8.15. The zero-order valence-corrected chi connectivity index (χ0v) is 9.73. The second-order valence-corrected chi connectivity index (χ2v) is 3.61. The molecule has 0 atom stereocenters. The van der Waals surface area contributed by atoms with Crippen LogP contribution in [0.4, 0.5) is 5.69 Å². The third-order valence-corrected chi connectivity index (χ3v) is 2.49. The van der Waals surface area contributed by atoms with Crippen LogP contribution < -0.4 is 0 Å². The Kier molecular flexibility index (Phi) is 2.87. The Hall–Kier alpha value is -2.23. The lowest BCUT2D eigenvalue weighted by Gasteiger charge is -1.96. The number of hydrogen-bond acceptors (Lipinski definition) is 4. The fourth-order valence-corrected chi connectivity index (χ4v) is 1.60. The highest BCUT2D eigenvalue weighted by molar-refractivity contribution is 5.94. The molecule has 0 aliphatic carbocycles. The normalized spacial score (nSPS) is 11.8. The van der Waals surface area contributed by atoms with Gasteiger partial charge in [0.1, 0.15) is 17.0 Å². The Balaban J connectivity index is 2.67. The van der Waals surface area contributed by atoms with Gasteiger partial charge in [-0.15, -0.1) is 0 Å². The van der Waals surface area contributed by atoms with Gasteiger partial charge in [-0.25, -0.2) is 0 Å². The van der Waals surface area contributed by atoms with Crippen molar-refractivity contribution in [3.63, 3.8) is 0 Å². The van der Waals surface area contributed by atoms with Crippen molar-refractivity contribution in [1.82, 2.24) is 0 Å². The standard InChI is InChI=1S/C13H13NO3/c1-8(16-3)6-12-13(14-2)10-5-4-9(15)7-11(10)17-12/h4-7,15H,2H2,1,3H3/b8-6+. The van der Waals surface area contributed by atoms with E-state index in [1.165, 1.54) is 0 Å². The van der Waals surface area contributed by atoms with Gasteiger partial charge in [0.15, 0.2) is 5.76 Å². The van der Waals surface area contributed by atoms with Crippen LogP contribution in [0.15, 0.2) is 33.4 Å². The molecule has 2 rings (SSSR count). The van der Waals surface area contributed by atoms with Crippen LogP contribution >= 0.6 is 0 Å². The summed E-state index contributed by atoms with van der Waals surface area (Å²) in [7, 11) is 1.58. The van der Waals surface area contributed by atoms with Gasteiger partial charge in [-0.2, -0.15) is 0 Å². The number of aromatic hydroxyl groups is 1. The van der Waals surface area contributed by atoms with Crippen molar-refractivity contribution >= 4 is 29.5 Å².